The molecule has 1 aromatic carbocycles. The number of hydrogen-bond donors (Lipinski definition) is 1. The molecule has 29 heavy (non-hydrogen) atoms. The number of carbonyl (C=O) groups excluding carboxylic acids is 1. The van der Waals surface area contributed by atoms with Crippen LogP contribution in [0.2, 0.25) is 0 Å². The van der Waals surface area contributed by atoms with E-state index in [-0.39, 0.29) is 24.9 Å². The van der Waals surface area contributed by atoms with Crippen LogP contribution in [-0.2, 0) is 11.2 Å². The Kier molecular flexibility index (Phi) is 6.39. The van der Waals surface area contributed by atoms with Gasteiger partial charge in [0, 0.05) is 37.8 Å². The SMILES string of the molecule is CC(=O)NC(C)Cc1ccc(-c2ccnc(N3CCCC(C(F)(F)F)C3)n2)cc1. The average Bonchev–Trinajstić information content (AvgIpc) is 2.67. The molecule has 2 aromatic rings. The number of nitrogens with one attached hydrogen (secondary N) is 1. The van der Waals surface area contributed by atoms with Crippen LogP contribution in [0.4, 0.5) is 19.1 Å². The van der Waals surface area contributed by atoms with Gasteiger partial charge in [-0.2, -0.15) is 13.2 Å². The number of benzene rings is 1. The fourth-order valence-electron chi connectivity index (χ4n) is 3.65. The van der Waals surface area contributed by atoms with Gasteiger partial charge in [-0.3, -0.25) is 4.79 Å². The second kappa shape index (κ2) is 8.80. The number of piperidine rings is 1. The molecule has 156 valence electrons. The summed E-state index contributed by atoms with van der Waals surface area (Å²) in [5.41, 5.74) is 2.62. The molecule has 1 aliphatic rings. The fraction of sp³-hybridized carbons (Fsp3) is 0.476. The largest absolute Gasteiger partial charge is 0.393 e. The Bertz CT molecular complexity index is 839. The van der Waals surface area contributed by atoms with Gasteiger partial charge >= 0.3 is 6.18 Å². The number of anilines is 1. The van der Waals surface area contributed by atoms with Crippen LogP contribution in [-0.4, -0.2) is 41.2 Å². The second-order valence-corrected chi connectivity index (χ2v) is 7.57. The zero-order valence-electron chi connectivity index (χ0n) is 16.5. The van der Waals surface area contributed by atoms with Gasteiger partial charge in [-0.25, -0.2) is 9.97 Å². The van der Waals surface area contributed by atoms with E-state index in [4.69, 9.17) is 0 Å². The third-order valence-corrected chi connectivity index (χ3v) is 5.05. The van der Waals surface area contributed by atoms with E-state index in [1.807, 2.05) is 31.2 Å². The van der Waals surface area contributed by atoms with Crippen molar-refractivity contribution in [3.63, 3.8) is 0 Å². The summed E-state index contributed by atoms with van der Waals surface area (Å²) in [6.45, 7) is 3.85. The van der Waals surface area contributed by atoms with Crippen LogP contribution < -0.4 is 10.2 Å². The lowest BCUT2D eigenvalue weighted by molar-refractivity contribution is -0.176. The van der Waals surface area contributed by atoms with Crippen LogP contribution in [0, 0.1) is 5.92 Å². The predicted molar refractivity (Wildman–Crippen MR) is 105 cm³/mol. The second-order valence-electron chi connectivity index (χ2n) is 7.57. The summed E-state index contributed by atoms with van der Waals surface area (Å²) in [4.78, 5) is 21.4. The van der Waals surface area contributed by atoms with Crippen molar-refractivity contribution in [3.05, 3.63) is 42.1 Å². The monoisotopic (exact) mass is 406 g/mol. The number of aromatic nitrogens is 2. The molecule has 0 aliphatic carbocycles. The number of rotatable bonds is 5. The maximum absolute atomic E-state index is 13.1. The molecule has 2 unspecified atom stereocenters. The first-order valence-corrected chi connectivity index (χ1v) is 9.73. The van der Waals surface area contributed by atoms with Crippen LogP contribution in [0.25, 0.3) is 11.3 Å². The topological polar surface area (TPSA) is 58.1 Å². The first-order chi connectivity index (χ1) is 13.7. The minimum Gasteiger partial charge on any atom is -0.354 e. The maximum atomic E-state index is 13.1. The molecule has 2 heterocycles. The maximum Gasteiger partial charge on any atom is 0.393 e. The molecule has 0 saturated carbocycles. The molecule has 1 fully saturated rings. The summed E-state index contributed by atoms with van der Waals surface area (Å²) in [6, 6.07) is 9.58. The van der Waals surface area contributed by atoms with Gasteiger partial charge in [-0.1, -0.05) is 24.3 Å². The zero-order valence-corrected chi connectivity index (χ0v) is 16.5. The summed E-state index contributed by atoms with van der Waals surface area (Å²) in [7, 11) is 0. The number of hydrogen-bond acceptors (Lipinski definition) is 4. The molecule has 5 nitrogen and oxygen atoms in total. The minimum absolute atomic E-state index is 0.0321. The van der Waals surface area contributed by atoms with Crippen molar-refractivity contribution in [2.75, 3.05) is 18.0 Å². The van der Waals surface area contributed by atoms with Gasteiger partial charge < -0.3 is 10.2 Å². The van der Waals surface area contributed by atoms with Gasteiger partial charge in [0.1, 0.15) is 0 Å². The smallest absolute Gasteiger partial charge is 0.354 e. The molecule has 2 atom stereocenters. The zero-order chi connectivity index (χ0) is 21.0. The van der Waals surface area contributed by atoms with Crippen LogP contribution in [0.1, 0.15) is 32.3 Å². The van der Waals surface area contributed by atoms with E-state index in [1.165, 1.54) is 6.92 Å². The predicted octanol–water partition coefficient (Wildman–Crippen LogP) is 3.99. The highest BCUT2D eigenvalue weighted by Gasteiger charge is 2.42. The molecule has 8 heteroatoms. The lowest BCUT2D eigenvalue weighted by Gasteiger charge is -2.33. The van der Waals surface area contributed by atoms with Gasteiger partial charge in [0.25, 0.3) is 0 Å². The number of halogens is 3. The normalized spacial score (nSPS) is 18.4. The summed E-state index contributed by atoms with van der Waals surface area (Å²) in [5.74, 6) is -1.07. The van der Waals surface area contributed by atoms with Crippen molar-refractivity contribution >= 4 is 11.9 Å². The van der Waals surface area contributed by atoms with E-state index >= 15 is 0 Å². The van der Waals surface area contributed by atoms with E-state index in [9.17, 15) is 18.0 Å². The van der Waals surface area contributed by atoms with E-state index < -0.39 is 12.1 Å². The van der Waals surface area contributed by atoms with E-state index in [0.717, 1.165) is 11.1 Å². The standard InChI is InChI=1S/C21H25F3N4O/c1-14(26-15(2)29)12-16-5-7-17(8-6-16)19-9-10-25-20(27-19)28-11-3-4-18(13-28)21(22,23)24/h5-10,14,18H,3-4,11-13H2,1-2H3,(H,26,29). The number of carbonyl (C=O) groups is 1. The summed E-state index contributed by atoms with van der Waals surface area (Å²) in [6.07, 6.45) is -1.28. The first kappa shape index (κ1) is 21.1. The van der Waals surface area contributed by atoms with Gasteiger partial charge in [0.05, 0.1) is 11.6 Å². The van der Waals surface area contributed by atoms with Crippen LogP contribution in [0.3, 0.4) is 0 Å². The van der Waals surface area contributed by atoms with Gasteiger partial charge in [0.15, 0.2) is 0 Å². The lowest BCUT2D eigenvalue weighted by Crippen LogP contribution is -2.42. The van der Waals surface area contributed by atoms with E-state index in [1.54, 1.807) is 17.2 Å². The van der Waals surface area contributed by atoms with Crippen LogP contribution in [0.5, 0.6) is 0 Å². The van der Waals surface area contributed by atoms with Gasteiger partial charge in [-0.05, 0) is 37.8 Å². The highest BCUT2D eigenvalue weighted by atomic mass is 19.4. The van der Waals surface area contributed by atoms with Crippen molar-refractivity contribution < 1.29 is 18.0 Å². The summed E-state index contributed by atoms with van der Waals surface area (Å²) >= 11 is 0. The minimum atomic E-state index is -4.19. The Morgan fingerprint density at radius 1 is 1.28 bits per heavy atom. The van der Waals surface area contributed by atoms with Crippen molar-refractivity contribution in [2.24, 2.45) is 5.92 Å². The number of alkyl halides is 3. The average molecular weight is 406 g/mol. The first-order valence-electron chi connectivity index (χ1n) is 9.73. The molecule has 1 saturated heterocycles. The van der Waals surface area contributed by atoms with Crippen molar-refractivity contribution in [1.82, 2.24) is 15.3 Å². The van der Waals surface area contributed by atoms with E-state index in [0.29, 0.717) is 31.0 Å². The Balaban J connectivity index is 1.71. The number of nitrogens with zero attached hydrogens (tertiary/aromatic N) is 3. The number of amides is 1. The molecule has 1 aromatic heterocycles. The lowest BCUT2D eigenvalue weighted by atomic mass is 9.98. The molecule has 0 spiro atoms. The van der Waals surface area contributed by atoms with Crippen molar-refractivity contribution in [1.29, 1.82) is 0 Å². The van der Waals surface area contributed by atoms with Crippen molar-refractivity contribution in [3.8, 4) is 11.3 Å². The Labute approximate surface area is 168 Å². The Morgan fingerprint density at radius 3 is 2.66 bits per heavy atom. The third kappa shape index (κ3) is 5.68. The van der Waals surface area contributed by atoms with Gasteiger partial charge in [0.2, 0.25) is 11.9 Å². The Morgan fingerprint density at radius 2 is 2.00 bits per heavy atom. The van der Waals surface area contributed by atoms with Gasteiger partial charge in [-0.15, -0.1) is 0 Å². The van der Waals surface area contributed by atoms with Crippen LogP contribution in [0.15, 0.2) is 36.5 Å². The molecule has 1 aliphatic heterocycles. The molecule has 1 N–H and O–H groups in total. The molecule has 0 radical (unpaired) electrons. The van der Waals surface area contributed by atoms with E-state index in [2.05, 4.69) is 15.3 Å². The highest BCUT2D eigenvalue weighted by Crippen LogP contribution is 2.34. The quantitative estimate of drug-likeness (QED) is 0.816. The van der Waals surface area contributed by atoms with Crippen LogP contribution >= 0.6 is 0 Å². The van der Waals surface area contributed by atoms with Crippen molar-refractivity contribution in [2.45, 2.75) is 45.3 Å². The Hall–Kier alpha value is -2.64. The summed E-state index contributed by atoms with van der Waals surface area (Å²) in [5, 5.41) is 2.85. The molecule has 1 amide bonds. The molecule has 3 rings (SSSR count). The third-order valence-electron chi connectivity index (χ3n) is 5.05. The molecular formula is C21H25F3N4O. The highest BCUT2D eigenvalue weighted by molar-refractivity contribution is 5.73. The summed E-state index contributed by atoms with van der Waals surface area (Å²) < 4.78 is 39.2. The molecular weight excluding hydrogens is 381 g/mol. The fourth-order valence-corrected chi connectivity index (χ4v) is 3.65. The molecule has 0 bridgehead atoms.